The highest BCUT2D eigenvalue weighted by Gasteiger charge is 2.20. The average molecular weight is 307 g/mol. The third kappa shape index (κ3) is 3.29. The van der Waals surface area contributed by atoms with Crippen molar-refractivity contribution in [1.82, 2.24) is 0 Å². The summed E-state index contributed by atoms with van der Waals surface area (Å²) < 4.78 is 27.0. The first-order valence-corrected chi connectivity index (χ1v) is 7.41. The van der Waals surface area contributed by atoms with E-state index in [-0.39, 0.29) is 10.6 Å². The van der Waals surface area contributed by atoms with Crippen molar-refractivity contribution in [2.45, 2.75) is 11.8 Å². The summed E-state index contributed by atoms with van der Waals surface area (Å²) in [5.41, 5.74) is 6.42. The van der Waals surface area contributed by atoms with Crippen LogP contribution in [-0.4, -0.2) is 13.3 Å². The van der Waals surface area contributed by atoms with Crippen LogP contribution < -0.4 is 10.5 Å². The van der Waals surface area contributed by atoms with E-state index in [1.165, 1.54) is 18.2 Å². The van der Waals surface area contributed by atoms with Crippen LogP contribution in [0.15, 0.2) is 47.4 Å². The molecule has 0 heterocycles. The number of benzene rings is 2. The van der Waals surface area contributed by atoms with E-state index in [0.29, 0.717) is 16.9 Å². The minimum absolute atomic E-state index is 0.140. The molecule has 0 saturated carbocycles. The van der Waals surface area contributed by atoms with Crippen molar-refractivity contribution in [1.29, 1.82) is 0 Å². The molecule has 2 rings (SSSR count). The maximum absolute atomic E-state index is 12.3. The molecule has 0 saturated heterocycles. The summed E-state index contributed by atoms with van der Waals surface area (Å²) >= 11 is 0. The monoisotopic (exact) mass is 307 g/mol. The Labute approximate surface area is 121 Å². The summed E-state index contributed by atoms with van der Waals surface area (Å²) in [7, 11) is -3.93. The number of nitro benzene ring substituents is 1. The lowest BCUT2D eigenvalue weighted by Crippen LogP contribution is -2.14. The van der Waals surface area contributed by atoms with Gasteiger partial charge in [0.1, 0.15) is 0 Å². The van der Waals surface area contributed by atoms with Crippen LogP contribution in [0.4, 0.5) is 17.1 Å². The number of nitro groups is 1. The highest BCUT2D eigenvalue weighted by Crippen LogP contribution is 2.24. The zero-order valence-electron chi connectivity index (χ0n) is 11.1. The quantitative estimate of drug-likeness (QED) is 0.511. The van der Waals surface area contributed by atoms with Crippen LogP contribution in [0.5, 0.6) is 0 Å². The molecule has 0 aromatic heterocycles. The molecule has 0 radical (unpaired) electrons. The Bertz CT molecular complexity index is 803. The number of nitrogens with zero attached hydrogens (tertiary/aromatic N) is 1. The van der Waals surface area contributed by atoms with Crippen molar-refractivity contribution in [2.24, 2.45) is 0 Å². The summed E-state index contributed by atoms with van der Waals surface area (Å²) in [5.74, 6) is 0. The second kappa shape index (κ2) is 5.41. The minimum atomic E-state index is -3.93. The molecule has 0 amide bonds. The van der Waals surface area contributed by atoms with Crippen molar-refractivity contribution in [3.8, 4) is 0 Å². The molecule has 21 heavy (non-hydrogen) atoms. The Morgan fingerprint density at radius 2 is 1.90 bits per heavy atom. The number of hydrogen-bond acceptors (Lipinski definition) is 5. The number of anilines is 2. The van der Waals surface area contributed by atoms with Gasteiger partial charge in [-0.3, -0.25) is 14.8 Å². The fourth-order valence-electron chi connectivity index (χ4n) is 1.80. The molecule has 0 spiro atoms. The van der Waals surface area contributed by atoms with E-state index in [2.05, 4.69) is 4.72 Å². The highest BCUT2D eigenvalue weighted by molar-refractivity contribution is 7.92. The summed E-state index contributed by atoms with van der Waals surface area (Å²) in [6.07, 6.45) is 0. The Morgan fingerprint density at radius 3 is 2.52 bits per heavy atom. The van der Waals surface area contributed by atoms with E-state index in [1.807, 2.05) is 0 Å². The SMILES string of the molecule is Cc1ccc([N+](=O)[O-])cc1S(=O)(=O)Nc1cccc(N)c1. The van der Waals surface area contributed by atoms with Gasteiger partial charge >= 0.3 is 0 Å². The summed E-state index contributed by atoms with van der Waals surface area (Å²) in [4.78, 5) is 9.99. The first kappa shape index (κ1) is 14.8. The summed E-state index contributed by atoms with van der Waals surface area (Å²) in [5, 5.41) is 10.8. The van der Waals surface area contributed by atoms with Crippen LogP contribution in [-0.2, 0) is 10.0 Å². The number of aryl methyl sites for hydroxylation is 1. The van der Waals surface area contributed by atoms with Gasteiger partial charge in [-0.15, -0.1) is 0 Å². The summed E-state index contributed by atoms with van der Waals surface area (Å²) in [6.45, 7) is 1.57. The molecule has 7 nitrogen and oxygen atoms in total. The molecular weight excluding hydrogens is 294 g/mol. The van der Waals surface area contributed by atoms with Gasteiger partial charge in [-0.25, -0.2) is 8.42 Å². The van der Waals surface area contributed by atoms with Gasteiger partial charge in [0.15, 0.2) is 0 Å². The molecular formula is C13H13N3O4S. The maximum Gasteiger partial charge on any atom is 0.270 e. The number of rotatable bonds is 4. The molecule has 8 heteroatoms. The lowest BCUT2D eigenvalue weighted by molar-refractivity contribution is -0.385. The zero-order valence-corrected chi connectivity index (χ0v) is 11.9. The van der Waals surface area contributed by atoms with Crippen molar-refractivity contribution < 1.29 is 13.3 Å². The van der Waals surface area contributed by atoms with Crippen LogP contribution in [0.25, 0.3) is 0 Å². The van der Waals surface area contributed by atoms with Gasteiger partial charge in [0, 0.05) is 17.8 Å². The predicted octanol–water partition coefficient (Wildman–Crippen LogP) is 2.29. The fourth-order valence-corrected chi connectivity index (χ4v) is 3.12. The molecule has 2 aromatic carbocycles. The Morgan fingerprint density at radius 1 is 1.19 bits per heavy atom. The van der Waals surface area contributed by atoms with Crippen LogP contribution >= 0.6 is 0 Å². The molecule has 2 aromatic rings. The van der Waals surface area contributed by atoms with E-state index in [1.54, 1.807) is 25.1 Å². The maximum atomic E-state index is 12.3. The molecule has 0 aliphatic heterocycles. The lowest BCUT2D eigenvalue weighted by atomic mass is 10.2. The Kier molecular flexibility index (Phi) is 3.81. The number of nitrogen functional groups attached to an aromatic ring is 1. The third-order valence-electron chi connectivity index (χ3n) is 2.81. The normalized spacial score (nSPS) is 11.1. The lowest BCUT2D eigenvalue weighted by Gasteiger charge is -2.10. The van der Waals surface area contributed by atoms with Crippen molar-refractivity contribution >= 4 is 27.1 Å². The van der Waals surface area contributed by atoms with Gasteiger partial charge in [0.2, 0.25) is 0 Å². The van der Waals surface area contributed by atoms with Crippen LogP contribution in [0, 0.1) is 17.0 Å². The molecule has 110 valence electrons. The van der Waals surface area contributed by atoms with Crippen LogP contribution in [0.2, 0.25) is 0 Å². The number of nitrogens with one attached hydrogen (secondary N) is 1. The largest absolute Gasteiger partial charge is 0.399 e. The molecule has 0 aliphatic rings. The van der Waals surface area contributed by atoms with Gasteiger partial charge in [-0.2, -0.15) is 0 Å². The van der Waals surface area contributed by atoms with Gasteiger partial charge < -0.3 is 5.73 Å². The summed E-state index contributed by atoms with van der Waals surface area (Å²) in [6, 6.07) is 9.92. The van der Waals surface area contributed by atoms with E-state index >= 15 is 0 Å². The topological polar surface area (TPSA) is 115 Å². The van der Waals surface area contributed by atoms with Gasteiger partial charge in [-0.05, 0) is 30.7 Å². The van der Waals surface area contributed by atoms with E-state index in [9.17, 15) is 18.5 Å². The predicted molar refractivity (Wildman–Crippen MR) is 79.5 cm³/mol. The Balaban J connectivity index is 2.44. The molecule has 0 fully saturated rings. The third-order valence-corrected chi connectivity index (χ3v) is 4.33. The highest BCUT2D eigenvalue weighted by atomic mass is 32.2. The first-order valence-electron chi connectivity index (χ1n) is 5.93. The number of hydrogen-bond donors (Lipinski definition) is 2. The smallest absolute Gasteiger partial charge is 0.270 e. The van der Waals surface area contributed by atoms with Crippen molar-refractivity contribution in [3.05, 3.63) is 58.1 Å². The van der Waals surface area contributed by atoms with Crippen LogP contribution in [0.3, 0.4) is 0 Å². The molecule has 0 atom stereocenters. The molecule has 0 aliphatic carbocycles. The molecule has 0 bridgehead atoms. The average Bonchev–Trinajstić information content (AvgIpc) is 2.38. The van der Waals surface area contributed by atoms with Crippen molar-refractivity contribution in [2.75, 3.05) is 10.5 Å². The van der Waals surface area contributed by atoms with Crippen LogP contribution in [0.1, 0.15) is 5.56 Å². The standard InChI is InChI=1S/C13H13N3O4S/c1-9-5-6-12(16(17)18)8-13(9)21(19,20)15-11-4-2-3-10(14)7-11/h2-8,15H,14H2,1H3. The van der Waals surface area contributed by atoms with Gasteiger partial charge in [0.25, 0.3) is 15.7 Å². The van der Waals surface area contributed by atoms with E-state index in [4.69, 9.17) is 5.73 Å². The zero-order chi connectivity index (χ0) is 15.6. The molecule has 0 unspecified atom stereocenters. The first-order chi connectivity index (χ1) is 9.79. The second-order valence-electron chi connectivity index (χ2n) is 4.44. The van der Waals surface area contributed by atoms with E-state index < -0.39 is 14.9 Å². The fraction of sp³-hybridized carbons (Fsp3) is 0.0769. The minimum Gasteiger partial charge on any atom is -0.399 e. The number of nitrogens with two attached hydrogens (primary N) is 1. The Hall–Kier alpha value is -2.61. The van der Waals surface area contributed by atoms with Crippen molar-refractivity contribution in [3.63, 3.8) is 0 Å². The molecule has 3 N–H and O–H groups in total. The van der Waals surface area contributed by atoms with Gasteiger partial charge in [0.05, 0.1) is 15.5 Å². The number of non-ortho nitro benzene ring substituents is 1. The number of sulfonamides is 1. The van der Waals surface area contributed by atoms with Gasteiger partial charge in [-0.1, -0.05) is 12.1 Å². The van der Waals surface area contributed by atoms with E-state index in [0.717, 1.165) is 6.07 Å². The second-order valence-corrected chi connectivity index (χ2v) is 6.09.